The number of hydrogen-bond acceptors (Lipinski definition) is 5. The molecule has 108 valence electrons. The Morgan fingerprint density at radius 1 is 1.37 bits per heavy atom. The molecule has 2 rings (SSSR count). The highest BCUT2D eigenvalue weighted by Gasteiger charge is 2.46. The van der Waals surface area contributed by atoms with Crippen molar-refractivity contribution in [2.75, 3.05) is 7.11 Å². The fourth-order valence-electron chi connectivity index (χ4n) is 2.80. The number of carbonyl (C=O) groups is 1. The molecule has 1 saturated carbocycles. The predicted molar refractivity (Wildman–Crippen MR) is 68.4 cm³/mol. The van der Waals surface area contributed by atoms with Crippen molar-refractivity contribution >= 4 is 5.97 Å². The van der Waals surface area contributed by atoms with E-state index in [1.807, 2.05) is 6.08 Å². The zero-order valence-corrected chi connectivity index (χ0v) is 11.2. The number of methoxy groups -OCH3 is 1. The summed E-state index contributed by atoms with van der Waals surface area (Å²) in [6.45, 7) is 0. The Bertz CT molecular complexity index is 335. The molecule has 4 atom stereocenters. The molecule has 5 nitrogen and oxygen atoms in total. The average Bonchev–Trinajstić information content (AvgIpc) is 2.72. The van der Waals surface area contributed by atoms with Gasteiger partial charge in [-0.05, 0) is 18.8 Å². The van der Waals surface area contributed by atoms with Gasteiger partial charge in [-0.25, -0.2) is 4.79 Å². The van der Waals surface area contributed by atoms with Crippen LogP contribution in [0, 0.1) is 5.92 Å². The van der Waals surface area contributed by atoms with E-state index in [4.69, 9.17) is 9.47 Å². The van der Waals surface area contributed by atoms with Crippen molar-refractivity contribution in [2.45, 2.75) is 56.5 Å². The maximum atomic E-state index is 11.4. The van der Waals surface area contributed by atoms with Crippen LogP contribution in [0.1, 0.15) is 32.1 Å². The predicted octanol–water partition coefficient (Wildman–Crippen LogP) is 0.785. The molecule has 19 heavy (non-hydrogen) atoms. The van der Waals surface area contributed by atoms with Gasteiger partial charge in [0.2, 0.25) is 0 Å². The summed E-state index contributed by atoms with van der Waals surface area (Å²) in [7, 11) is 1.34. The van der Waals surface area contributed by atoms with Gasteiger partial charge in [0.1, 0.15) is 12.2 Å². The number of rotatable bonds is 4. The smallest absolute Gasteiger partial charge is 0.338 e. The molecule has 0 unspecified atom stereocenters. The highest BCUT2D eigenvalue weighted by Crippen LogP contribution is 2.26. The lowest BCUT2D eigenvalue weighted by Crippen LogP contribution is -2.38. The van der Waals surface area contributed by atoms with Crippen LogP contribution in [0.4, 0.5) is 0 Å². The quantitative estimate of drug-likeness (QED) is 0.583. The second-order valence-electron chi connectivity index (χ2n) is 5.32. The minimum Gasteiger partial charge on any atom is -0.454 e. The summed E-state index contributed by atoms with van der Waals surface area (Å²) in [5.41, 5.74) is 0. The molecule has 0 amide bonds. The minimum absolute atomic E-state index is 0.482. The molecule has 2 fully saturated rings. The van der Waals surface area contributed by atoms with E-state index in [0.29, 0.717) is 5.92 Å². The molecule has 5 heteroatoms. The van der Waals surface area contributed by atoms with Crippen LogP contribution in [0.25, 0.3) is 0 Å². The molecule has 0 aromatic rings. The highest BCUT2D eigenvalue weighted by atomic mass is 16.6. The minimum atomic E-state index is -1.12. The molecular weight excluding hydrogens is 248 g/mol. The average molecular weight is 270 g/mol. The second-order valence-corrected chi connectivity index (χ2v) is 5.32. The Morgan fingerprint density at radius 2 is 2.05 bits per heavy atom. The second kappa shape index (κ2) is 6.50. The number of carbonyl (C=O) groups excluding carboxylic acids is 1. The Balaban J connectivity index is 1.90. The molecule has 1 heterocycles. The zero-order valence-electron chi connectivity index (χ0n) is 11.2. The first kappa shape index (κ1) is 14.5. The summed E-state index contributed by atoms with van der Waals surface area (Å²) in [5, 5.41) is 19.9. The monoisotopic (exact) mass is 270 g/mol. The van der Waals surface area contributed by atoms with Gasteiger partial charge in [-0.1, -0.05) is 31.4 Å². The van der Waals surface area contributed by atoms with Gasteiger partial charge in [0.25, 0.3) is 0 Å². The van der Waals surface area contributed by atoms with Crippen molar-refractivity contribution in [3.63, 3.8) is 0 Å². The van der Waals surface area contributed by atoms with Crippen LogP contribution in [-0.2, 0) is 14.3 Å². The van der Waals surface area contributed by atoms with E-state index in [1.54, 1.807) is 6.08 Å². The lowest BCUT2D eigenvalue weighted by Gasteiger charge is -2.20. The standard InChI is InChI=1S/C14H22O5/c1-18-13-11(16)12(19-14(13)17)10(15)8-7-9-5-3-2-4-6-9/h7-13,15-16H,2-6H2,1H3/b8-7+/t10-,11-,12+,13-/m1/s1. The number of aliphatic hydroxyl groups excluding tert-OH is 2. The number of allylic oxidation sites excluding steroid dienone is 1. The van der Waals surface area contributed by atoms with Crippen molar-refractivity contribution in [3.05, 3.63) is 12.2 Å². The summed E-state index contributed by atoms with van der Waals surface area (Å²) in [6, 6.07) is 0. The zero-order chi connectivity index (χ0) is 13.8. The van der Waals surface area contributed by atoms with Crippen molar-refractivity contribution in [1.29, 1.82) is 0 Å². The molecule has 0 aromatic heterocycles. The maximum absolute atomic E-state index is 11.4. The summed E-state index contributed by atoms with van der Waals surface area (Å²) in [4.78, 5) is 11.4. The molecular formula is C14H22O5. The molecule has 1 aliphatic heterocycles. The summed E-state index contributed by atoms with van der Waals surface area (Å²) in [5.74, 6) is -0.138. The van der Waals surface area contributed by atoms with Crippen LogP contribution in [0.15, 0.2) is 12.2 Å². The van der Waals surface area contributed by atoms with Gasteiger partial charge in [-0.2, -0.15) is 0 Å². The van der Waals surface area contributed by atoms with Crippen LogP contribution >= 0.6 is 0 Å². The molecule has 2 N–H and O–H groups in total. The summed E-state index contributed by atoms with van der Waals surface area (Å²) in [6.07, 6.45) is 5.56. The van der Waals surface area contributed by atoms with Gasteiger partial charge in [-0.15, -0.1) is 0 Å². The molecule has 0 radical (unpaired) electrons. The normalized spacial score (nSPS) is 34.7. The number of aliphatic hydroxyl groups is 2. The first-order valence-corrected chi connectivity index (χ1v) is 6.91. The van der Waals surface area contributed by atoms with Gasteiger partial charge in [0.05, 0.1) is 0 Å². The number of hydrogen-bond donors (Lipinski definition) is 2. The van der Waals surface area contributed by atoms with E-state index in [9.17, 15) is 15.0 Å². The molecule has 0 spiro atoms. The van der Waals surface area contributed by atoms with E-state index < -0.39 is 30.4 Å². The van der Waals surface area contributed by atoms with Gasteiger partial charge < -0.3 is 19.7 Å². The van der Waals surface area contributed by atoms with E-state index >= 15 is 0 Å². The summed E-state index contributed by atoms with van der Waals surface area (Å²) >= 11 is 0. The first-order valence-electron chi connectivity index (χ1n) is 6.91. The Kier molecular flexibility index (Phi) is 4.96. The fourth-order valence-corrected chi connectivity index (χ4v) is 2.80. The van der Waals surface area contributed by atoms with Gasteiger partial charge in [-0.3, -0.25) is 0 Å². The maximum Gasteiger partial charge on any atom is 0.338 e. The third kappa shape index (κ3) is 3.35. The van der Waals surface area contributed by atoms with Gasteiger partial charge >= 0.3 is 5.97 Å². The topological polar surface area (TPSA) is 76.0 Å². The first-order chi connectivity index (χ1) is 9.13. The number of esters is 1. The van der Waals surface area contributed by atoms with Crippen molar-refractivity contribution in [2.24, 2.45) is 5.92 Å². The van der Waals surface area contributed by atoms with E-state index in [0.717, 1.165) is 12.8 Å². The van der Waals surface area contributed by atoms with Crippen LogP contribution < -0.4 is 0 Å². The van der Waals surface area contributed by atoms with Crippen LogP contribution in [0.5, 0.6) is 0 Å². The summed E-state index contributed by atoms with van der Waals surface area (Å²) < 4.78 is 9.81. The van der Waals surface area contributed by atoms with E-state index in [2.05, 4.69) is 0 Å². The third-order valence-corrected chi connectivity index (χ3v) is 3.95. The van der Waals surface area contributed by atoms with Gasteiger partial charge in [0, 0.05) is 7.11 Å². The SMILES string of the molecule is CO[C@H]1C(=O)O[C@@H]([C@H](O)/C=C/C2CCCCC2)[C@H]1O. The van der Waals surface area contributed by atoms with Crippen LogP contribution in [0.2, 0.25) is 0 Å². The molecule has 0 aromatic carbocycles. The van der Waals surface area contributed by atoms with E-state index in [1.165, 1.54) is 26.4 Å². The van der Waals surface area contributed by atoms with Crippen molar-refractivity contribution < 1.29 is 24.5 Å². The lowest BCUT2D eigenvalue weighted by molar-refractivity contribution is -0.150. The molecule has 2 aliphatic rings. The Hall–Kier alpha value is -0.910. The number of ether oxygens (including phenoxy) is 2. The highest BCUT2D eigenvalue weighted by molar-refractivity contribution is 5.78. The van der Waals surface area contributed by atoms with Crippen molar-refractivity contribution in [3.8, 4) is 0 Å². The lowest BCUT2D eigenvalue weighted by atomic mass is 9.88. The fraction of sp³-hybridized carbons (Fsp3) is 0.786. The molecule has 1 aliphatic carbocycles. The Labute approximate surface area is 113 Å². The Morgan fingerprint density at radius 3 is 2.63 bits per heavy atom. The largest absolute Gasteiger partial charge is 0.454 e. The van der Waals surface area contributed by atoms with Crippen LogP contribution in [0.3, 0.4) is 0 Å². The van der Waals surface area contributed by atoms with Crippen molar-refractivity contribution in [1.82, 2.24) is 0 Å². The number of cyclic esters (lactones) is 1. The van der Waals surface area contributed by atoms with E-state index in [-0.39, 0.29) is 0 Å². The molecule has 1 saturated heterocycles. The molecule has 0 bridgehead atoms. The van der Waals surface area contributed by atoms with Gasteiger partial charge in [0.15, 0.2) is 12.2 Å². The third-order valence-electron chi connectivity index (χ3n) is 3.95. The van der Waals surface area contributed by atoms with Crippen LogP contribution in [-0.4, -0.2) is 47.7 Å².